The Bertz CT molecular complexity index is 673. The van der Waals surface area contributed by atoms with Gasteiger partial charge in [-0.15, -0.1) is 0 Å². The predicted octanol–water partition coefficient (Wildman–Crippen LogP) is 4.14. The molecule has 2 heteroatoms. The molecule has 0 spiro atoms. The molecule has 1 unspecified atom stereocenters. The highest BCUT2D eigenvalue weighted by Gasteiger charge is 2.16. The summed E-state index contributed by atoms with van der Waals surface area (Å²) in [7, 11) is 0. The van der Waals surface area contributed by atoms with Crippen molar-refractivity contribution in [2.45, 2.75) is 12.0 Å². The van der Waals surface area contributed by atoms with E-state index >= 15 is 0 Å². The summed E-state index contributed by atoms with van der Waals surface area (Å²) in [6.07, 6.45) is 0. The third-order valence-electron chi connectivity index (χ3n) is 4.33. The summed E-state index contributed by atoms with van der Waals surface area (Å²) in [5.74, 6) is 0.0844. The van der Waals surface area contributed by atoms with Crippen molar-refractivity contribution in [2.24, 2.45) is 0 Å². The first-order chi connectivity index (χ1) is 11.9. The zero-order chi connectivity index (χ0) is 16.6. The van der Waals surface area contributed by atoms with Crippen molar-refractivity contribution >= 4 is 0 Å². The lowest BCUT2D eigenvalue weighted by Gasteiger charge is -2.23. The van der Waals surface area contributed by atoms with Crippen molar-refractivity contribution < 1.29 is 5.11 Å². The summed E-state index contributed by atoms with van der Waals surface area (Å²) in [5, 5.41) is 13.4. The van der Waals surface area contributed by atoms with Gasteiger partial charge in [-0.1, -0.05) is 91.0 Å². The predicted molar refractivity (Wildman–Crippen MR) is 99.0 cm³/mol. The molecule has 0 saturated carbocycles. The lowest BCUT2D eigenvalue weighted by molar-refractivity contribution is 0.259. The molecule has 3 rings (SSSR count). The number of nitrogens with one attached hydrogen (secondary N) is 1. The highest BCUT2D eigenvalue weighted by atomic mass is 16.3. The second-order valence-corrected chi connectivity index (χ2v) is 5.95. The summed E-state index contributed by atoms with van der Waals surface area (Å²) in [4.78, 5) is 0. The molecular weight excluding hydrogens is 294 g/mol. The second kappa shape index (κ2) is 8.44. The highest BCUT2D eigenvalue weighted by Crippen LogP contribution is 2.23. The van der Waals surface area contributed by atoms with E-state index in [-0.39, 0.29) is 18.6 Å². The third kappa shape index (κ3) is 4.10. The molecule has 3 aromatic carbocycles. The number of aliphatic hydroxyl groups is 1. The fourth-order valence-corrected chi connectivity index (χ4v) is 2.99. The van der Waals surface area contributed by atoms with E-state index in [1.54, 1.807) is 0 Å². The lowest BCUT2D eigenvalue weighted by Crippen LogP contribution is -2.28. The van der Waals surface area contributed by atoms with Crippen LogP contribution in [0.15, 0.2) is 91.0 Å². The molecule has 3 aromatic rings. The minimum atomic E-state index is 0.0844. The van der Waals surface area contributed by atoms with E-state index in [0.717, 1.165) is 12.1 Å². The van der Waals surface area contributed by atoms with E-state index in [4.69, 9.17) is 0 Å². The topological polar surface area (TPSA) is 32.3 Å². The maximum absolute atomic E-state index is 9.79. The Morgan fingerprint density at radius 1 is 0.625 bits per heavy atom. The van der Waals surface area contributed by atoms with Crippen molar-refractivity contribution in [3.8, 4) is 0 Å². The van der Waals surface area contributed by atoms with Gasteiger partial charge in [-0.3, -0.25) is 0 Å². The number of benzene rings is 3. The van der Waals surface area contributed by atoms with E-state index in [9.17, 15) is 5.11 Å². The van der Waals surface area contributed by atoms with Gasteiger partial charge in [0.05, 0.1) is 12.6 Å². The zero-order valence-corrected chi connectivity index (χ0v) is 13.7. The highest BCUT2D eigenvalue weighted by molar-refractivity contribution is 5.32. The van der Waals surface area contributed by atoms with E-state index in [1.807, 2.05) is 30.3 Å². The van der Waals surface area contributed by atoms with Gasteiger partial charge < -0.3 is 10.4 Å². The van der Waals surface area contributed by atoms with Crippen LogP contribution >= 0.6 is 0 Å². The van der Waals surface area contributed by atoms with Gasteiger partial charge in [0.25, 0.3) is 0 Å². The van der Waals surface area contributed by atoms with Crippen molar-refractivity contribution in [2.75, 3.05) is 13.2 Å². The first-order valence-electron chi connectivity index (χ1n) is 8.37. The van der Waals surface area contributed by atoms with Crippen LogP contribution in [0.5, 0.6) is 0 Å². The molecular formula is C22H23NO. The van der Waals surface area contributed by atoms with Gasteiger partial charge in [0.15, 0.2) is 0 Å². The van der Waals surface area contributed by atoms with Crippen LogP contribution in [-0.4, -0.2) is 18.3 Å². The van der Waals surface area contributed by atoms with Crippen LogP contribution in [0.1, 0.15) is 28.7 Å². The molecule has 0 heterocycles. The van der Waals surface area contributed by atoms with Crippen LogP contribution in [0.2, 0.25) is 0 Å². The number of hydrogen-bond donors (Lipinski definition) is 2. The second-order valence-electron chi connectivity index (χ2n) is 5.95. The van der Waals surface area contributed by atoms with Crippen molar-refractivity contribution in [3.05, 3.63) is 108 Å². The first-order valence-corrected chi connectivity index (χ1v) is 8.37. The summed E-state index contributed by atoms with van der Waals surface area (Å²) in [6, 6.07) is 31.2. The van der Waals surface area contributed by atoms with E-state index < -0.39 is 0 Å². The van der Waals surface area contributed by atoms with Crippen LogP contribution in [0.3, 0.4) is 0 Å². The van der Waals surface area contributed by atoms with Gasteiger partial charge in [-0.05, 0) is 16.7 Å². The molecule has 0 aromatic heterocycles. The van der Waals surface area contributed by atoms with Crippen LogP contribution in [0.25, 0.3) is 0 Å². The van der Waals surface area contributed by atoms with Crippen LogP contribution in [0, 0.1) is 0 Å². The van der Waals surface area contributed by atoms with Crippen molar-refractivity contribution in [1.29, 1.82) is 0 Å². The normalized spacial score (nSPS) is 12.2. The Kier molecular flexibility index (Phi) is 5.78. The lowest BCUT2D eigenvalue weighted by atomic mass is 9.96. The molecule has 0 aliphatic carbocycles. The smallest absolute Gasteiger partial charge is 0.0576 e. The number of hydrogen-bond acceptors (Lipinski definition) is 2. The Morgan fingerprint density at radius 2 is 1.04 bits per heavy atom. The summed E-state index contributed by atoms with van der Waals surface area (Å²) < 4.78 is 0. The largest absolute Gasteiger partial charge is 0.396 e. The molecule has 2 nitrogen and oxygen atoms in total. The standard InChI is InChI=1S/C22H23NO/c24-17-21(18-10-4-1-5-11-18)16-23-22(19-12-6-2-7-13-19)20-14-8-3-9-15-20/h1-15,21-24H,16-17H2. The minimum absolute atomic E-state index is 0.0844. The summed E-state index contributed by atoms with van der Waals surface area (Å²) in [6.45, 7) is 0.849. The van der Waals surface area contributed by atoms with Crippen LogP contribution in [0.4, 0.5) is 0 Å². The molecule has 0 saturated heterocycles. The van der Waals surface area contributed by atoms with E-state index in [0.29, 0.717) is 0 Å². The molecule has 0 amide bonds. The minimum Gasteiger partial charge on any atom is -0.396 e. The van der Waals surface area contributed by atoms with Crippen molar-refractivity contribution in [1.82, 2.24) is 5.32 Å². The quantitative estimate of drug-likeness (QED) is 0.686. The monoisotopic (exact) mass is 317 g/mol. The van der Waals surface area contributed by atoms with E-state index in [2.05, 4.69) is 66.0 Å². The maximum atomic E-state index is 9.79. The van der Waals surface area contributed by atoms with Gasteiger partial charge in [-0.25, -0.2) is 0 Å². The van der Waals surface area contributed by atoms with Gasteiger partial charge in [0.2, 0.25) is 0 Å². The number of aliphatic hydroxyl groups excluding tert-OH is 1. The molecule has 1 atom stereocenters. The van der Waals surface area contributed by atoms with Gasteiger partial charge in [-0.2, -0.15) is 0 Å². The van der Waals surface area contributed by atoms with Crippen molar-refractivity contribution in [3.63, 3.8) is 0 Å². The Morgan fingerprint density at radius 3 is 1.46 bits per heavy atom. The third-order valence-corrected chi connectivity index (χ3v) is 4.33. The van der Waals surface area contributed by atoms with E-state index in [1.165, 1.54) is 11.1 Å². The Balaban J connectivity index is 1.80. The molecule has 0 aliphatic heterocycles. The van der Waals surface area contributed by atoms with Crippen LogP contribution in [-0.2, 0) is 0 Å². The average Bonchev–Trinajstić information content (AvgIpc) is 2.67. The first kappa shape index (κ1) is 16.4. The molecule has 2 N–H and O–H groups in total. The molecule has 0 radical (unpaired) electrons. The summed E-state index contributed by atoms with van der Waals surface area (Å²) >= 11 is 0. The maximum Gasteiger partial charge on any atom is 0.0576 e. The van der Waals surface area contributed by atoms with Gasteiger partial charge in [0, 0.05) is 12.5 Å². The van der Waals surface area contributed by atoms with Crippen LogP contribution < -0.4 is 5.32 Å². The average molecular weight is 317 g/mol. The summed E-state index contributed by atoms with van der Waals surface area (Å²) in [5.41, 5.74) is 3.62. The molecule has 24 heavy (non-hydrogen) atoms. The Hall–Kier alpha value is -2.42. The van der Waals surface area contributed by atoms with Gasteiger partial charge in [0.1, 0.15) is 0 Å². The number of rotatable bonds is 7. The Labute approximate surface area is 143 Å². The molecule has 0 bridgehead atoms. The fraction of sp³-hybridized carbons (Fsp3) is 0.182. The fourth-order valence-electron chi connectivity index (χ4n) is 2.99. The SMILES string of the molecule is OCC(CNC(c1ccccc1)c1ccccc1)c1ccccc1. The molecule has 0 aliphatic rings. The molecule has 0 fully saturated rings. The zero-order valence-electron chi connectivity index (χ0n) is 13.7. The van der Waals surface area contributed by atoms with Gasteiger partial charge >= 0.3 is 0 Å². The molecule has 122 valence electrons.